The number of rotatable bonds is 7. The van der Waals surface area contributed by atoms with Crippen LogP contribution in [0.25, 0.3) is 33.3 Å². The van der Waals surface area contributed by atoms with Crippen LogP contribution < -0.4 is 14.8 Å². The number of hydrogen-bond donors (Lipinski definition) is 2. The molecule has 0 aromatic carbocycles. The highest BCUT2D eigenvalue weighted by Gasteiger charge is 2.19. The Morgan fingerprint density at radius 2 is 1.94 bits per heavy atom. The largest absolute Gasteiger partial charge is 0.481 e. The van der Waals surface area contributed by atoms with Gasteiger partial charge in [-0.05, 0) is 61.1 Å². The third kappa shape index (κ3) is 4.47. The van der Waals surface area contributed by atoms with E-state index < -0.39 is 0 Å². The Hall–Kier alpha value is -4.20. The summed E-state index contributed by atoms with van der Waals surface area (Å²) in [5.41, 5.74) is 4.45. The maximum Gasteiger partial charge on any atom is 0.248 e. The lowest BCUT2D eigenvalue weighted by Gasteiger charge is -2.15. The van der Waals surface area contributed by atoms with E-state index in [1.165, 1.54) is 6.08 Å². The fourth-order valence-electron chi connectivity index (χ4n) is 4.24. The number of anilines is 1. The average molecular weight is 456 g/mol. The fourth-order valence-corrected chi connectivity index (χ4v) is 4.24. The Balaban J connectivity index is 1.56. The standard InChI is InChI=1S/C26H25N5O3/c1-3-23(32)30-22-11-17(13-25(31-22)34-19-6-4-5-7-19)18-10-20-21(15-29-26(20)28-14-18)16-8-9-27-24(12-16)33-2/h3,8-15,19H,1,4-7H2,2H3,(H,28,29)(H,30,31,32). The predicted octanol–water partition coefficient (Wildman–Crippen LogP) is 5.14. The Morgan fingerprint density at radius 1 is 1.12 bits per heavy atom. The third-order valence-electron chi connectivity index (χ3n) is 5.95. The molecule has 8 nitrogen and oxygen atoms in total. The summed E-state index contributed by atoms with van der Waals surface area (Å²) >= 11 is 0. The normalized spacial score (nSPS) is 13.7. The van der Waals surface area contributed by atoms with Crippen LogP contribution in [0.4, 0.5) is 5.82 Å². The van der Waals surface area contributed by atoms with Gasteiger partial charge in [-0.1, -0.05) is 6.58 Å². The van der Waals surface area contributed by atoms with Crippen LogP contribution in [0.3, 0.4) is 0 Å². The number of fused-ring (bicyclic) bond motifs is 1. The highest BCUT2D eigenvalue weighted by atomic mass is 16.5. The molecule has 8 heteroatoms. The van der Waals surface area contributed by atoms with Crippen molar-refractivity contribution in [2.45, 2.75) is 31.8 Å². The molecule has 1 aliphatic rings. The minimum atomic E-state index is -0.329. The van der Waals surface area contributed by atoms with Crippen molar-refractivity contribution in [3.8, 4) is 34.0 Å². The first kappa shape index (κ1) is 21.6. The number of nitrogens with one attached hydrogen (secondary N) is 2. The smallest absolute Gasteiger partial charge is 0.248 e. The molecule has 5 rings (SSSR count). The second-order valence-corrected chi connectivity index (χ2v) is 8.21. The van der Waals surface area contributed by atoms with Gasteiger partial charge in [-0.15, -0.1) is 0 Å². The fraction of sp³-hybridized carbons (Fsp3) is 0.231. The number of nitrogens with zero attached hydrogens (tertiary/aromatic N) is 3. The number of aromatic nitrogens is 4. The minimum Gasteiger partial charge on any atom is -0.481 e. The minimum absolute atomic E-state index is 0.143. The summed E-state index contributed by atoms with van der Waals surface area (Å²) < 4.78 is 11.4. The summed E-state index contributed by atoms with van der Waals surface area (Å²) in [7, 11) is 1.60. The Labute approximate surface area is 197 Å². The van der Waals surface area contributed by atoms with Gasteiger partial charge in [0.05, 0.1) is 7.11 Å². The van der Waals surface area contributed by atoms with E-state index in [1.807, 2.05) is 30.5 Å². The molecule has 1 aliphatic carbocycles. The number of methoxy groups -OCH3 is 1. The molecule has 4 aromatic heterocycles. The van der Waals surface area contributed by atoms with Gasteiger partial charge in [-0.25, -0.2) is 9.97 Å². The summed E-state index contributed by atoms with van der Waals surface area (Å²) in [6.07, 6.45) is 11.1. The molecule has 1 amide bonds. The van der Waals surface area contributed by atoms with Crippen molar-refractivity contribution >= 4 is 22.8 Å². The molecule has 0 aliphatic heterocycles. The van der Waals surface area contributed by atoms with Crippen LogP contribution in [0.2, 0.25) is 0 Å². The second kappa shape index (κ2) is 9.35. The van der Waals surface area contributed by atoms with Gasteiger partial charge in [0.15, 0.2) is 0 Å². The molecule has 2 N–H and O–H groups in total. The highest BCUT2D eigenvalue weighted by molar-refractivity contribution is 5.99. The molecule has 172 valence electrons. The Kier molecular flexibility index (Phi) is 5.95. The van der Waals surface area contributed by atoms with E-state index in [2.05, 4.69) is 37.9 Å². The predicted molar refractivity (Wildman–Crippen MR) is 131 cm³/mol. The summed E-state index contributed by atoms with van der Waals surface area (Å²) in [5, 5.41) is 3.71. The van der Waals surface area contributed by atoms with Gasteiger partial charge >= 0.3 is 0 Å². The summed E-state index contributed by atoms with van der Waals surface area (Å²) in [5.74, 6) is 1.10. The van der Waals surface area contributed by atoms with E-state index in [9.17, 15) is 4.79 Å². The first-order chi connectivity index (χ1) is 16.6. The zero-order chi connectivity index (χ0) is 23.5. The van der Waals surface area contributed by atoms with Gasteiger partial charge in [-0.2, -0.15) is 4.98 Å². The molecular formula is C26H25N5O3. The van der Waals surface area contributed by atoms with Crippen molar-refractivity contribution in [3.63, 3.8) is 0 Å². The zero-order valence-corrected chi connectivity index (χ0v) is 18.9. The molecule has 4 aromatic rings. The number of carbonyl (C=O) groups excluding carboxylic acids is 1. The van der Waals surface area contributed by atoms with Crippen LogP contribution in [0, 0.1) is 0 Å². The van der Waals surface area contributed by atoms with Crippen molar-refractivity contribution < 1.29 is 14.3 Å². The number of carbonyl (C=O) groups is 1. The van der Waals surface area contributed by atoms with Gasteiger partial charge in [-0.3, -0.25) is 4.79 Å². The quantitative estimate of drug-likeness (QED) is 0.374. The zero-order valence-electron chi connectivity index (χ0n) is 18.9. The van der Waals surface area contributed by atoms with Crippen molar-refractivity contribution in [1.82, 2.24) is 19.9 Å². The first-order valence-electron chi connectivity index (χ1n) is 11.2. The number of ether oxygens (including phenoxy) is 2. The average Bonchev–Trinajstić information content (AvgIpc) is 3.53. The molecule has 1 saturated carbocycles. The molecule has 34 heavy (non-hydrogen) atoms. The van der Waals surface area contributed by atoms with Gasteiger partial charge in [0, 0.05) is 47.2 Å². The summed E-state index contributed by atoms with van der Waals surface area (Å²) in [4.78, 5) is 28.5. The number of pyridine rings is 3. The molecule has 0 unspecified atom stereocenters. The van der Waals surface area contributed by atoms with E-state index in [0.29, 0.717) is 17.6 Å². The summed E-state index contributed by atoms with van der Waals surface area (Å²) in [6.45, 7) is 3.52. The summed E-state index contributed by atoms with van der Waals surface area (Å²) in [6, 6.07) is 9.59. The molecule has 4 heterocycles. The van der Waals surface area contributed by atoms with Gasteiger partial charge < -0.3 is 19.8 Å². The lowest BCUT2D eigenvalue weighted by molar-refractivity contribution is -0.111. The highest BCUT2D eigenvalue weighted by Crippen LogP contribution is 2.34. The van der Waals surface area contributed by atoms with E-state index in [0.717, 1.165) is 59.0 Å². The van der Waals surface area contributed by atoms with E-state index >= 15 is 0 Å². The van der Waals surface area contributed by atoms with Crippen molar-refractivity contribution in [2.75, 3.05) is 12.4 Å². The van der Waals surface area contributed by atoms with Crippen LogP contribution in [0.15, 0.2) is 61.6 Å². The molecule has 1 fully saturated rings. The molecule has 0 bridgehead atoms. The van der Waals surface area contributed by atoms with Gasteiger partial charge in [0.2, 0.25) is 17.7 Å². The number of hydrogen-bond acceptors (Lipinski definition) is 6. The molecule has 0 atom stereocenters. The number of aromatic amines is 1. The topological polar surface area (TPSA) is 102 Å². The lowest BCUT2D eigenvalue weighted by atomic mass is 10.0. The van der Waals surface area contributed by atoms with Crippen LogP contribution in [0.5, 0.6) is 11.8 Å². The van der Waals surface area contributed by atoms with E-state index in [-0.39, 0.29) is 12.0 Å². The third-order valence-corrected chi connectivity index (χ3v) is 5.95. The SMILES string of the molecule is C=CC(=O)Nc1cc(-c2cnc3[nH]cc(-c4ccnc(OC)c4)c3c2)cc(OC2CCCC2)n1. The van der Waals surface area contributed by atoms with E-state index in [1.54, 1.807) is 19.5 Å². The lowest BCUT2D eigenvalue weighted by Crippen LogP contribution is -2.14. The molecule has 0 spiro atoms. The molecule has 0 saturated heterocycles. The molecule has 0 radical (unpaired) electrons. The Bertz CT molecular complexity index is 1360. The molecular weight excluding hydrogens is 430 g/mol. The van der Waals surface area contributed by atoms with Crippen molar-refractivity contribution in [3.05, 3.63) is 61.6 Å². The number of H-pyrrole nitrogens is 1. The monoisotopic (exact) mass is 455 g/mol. The first-order valence-corrected chi connectivity index (χ1v) is 11.2. The van der Waals surface area contributed by atoms with Crippen LogP contribution in [-0.2, 0) is 4.79 Å². The van der Waals surface area contributed by atoms with Crippen molar-refractivity contribution in [2.24, 2.45) is 0 Å². The van der Waals surface area contributed by atoms with Crippen LogP contribution >= 0.6 is 0 Å². The van der Waals surface area contributed by atoms with Crippen molar-refractivity contribution in [1.29, 1.82) is 0 Å². The number of amides is 1. The van der Waals surface area contributed by atoms with Crippen LogP contribution in [0.1, 0.15) is 25.7 Å². The van der Waals surface area contributed by atoms with Crippen LogP contribution in [-0.4, -0.2) is 39.1 Å². The van der Waals surface area contributed by atoms with Gasteiger partial charge in [0.25, 0.3) is 0 Å². The second-order valence-electron chi connectivity index (χ2n) is 8.21. The Morgan fingerprint density at radius 3 is 2.74 bits per heavy atom. The van der Waals surface area contributed by atoms with E-state index in [4.69, 9.17) is 9.47 Å². The van der Waals surface area contributed by atoms with Gasteiger partial charge in [0.1, 0.15) is 17.6 Å². The maximum atomic E-state index is 11.9. The maximum absolute atomic E-state index is 11.9.